The molecule has 0 atom stereocenters. The van der Waals surface area contributed by atoms with Gasteiger partial charge in [-0.1, -0.05) is 0 Å². The number of hydrogen-bond acceptors (Lipinski definition) is 6. The van der Waals surface area contributed by atoms with Crippen molar-refractivity contribution in [3.05, 3.63) is 16.1 Å². The summed E-state index contributed by atoms with van der Waals surface area (Å²) in [7, 11) is -1.59. The predicted octanol–water partition coefficient (Wildman–Crippen LogP) is 0.118. The highest BCUT2D eigenvalue weighted by atomic mass is 32.2. The molecule has 0 bridgehead atoms. The number of nitrogens with one attached hydrogen (secondary N) is 1. The average molecular weight is 318 g/mol. The lowest BCUT2D eigenvalue weighted by Gasteiger charge is -2.27. The molecule has 0 saturated carbocycles. The molecule has 8 heteroatoms. The SMILES string of the molecule is Cc1nc(CN(C)S(=O)(=O)CCN2CCNCC2)cs1. The van der Waals surface area contributed by atoms with Crippen LogP contribution in [0.2, 0.25) is 0 Å². The minimum absolute atomic E-state index is 0.173. The molecule has 20 heavy (non-hydrogen) atoms. The molecule has 0 unspecified atom stereocenters. The van der Waals surface area contributed by atoms with Crippen LogP contribution in [-0.2, 0) is 16.6 Å². The van der Waals surface area contributed by atoms with E-state index in [1.807, 2.05) is 12.3 Å². The monoisotopic (exact) mass is 318 g/mol. The second-order valence-corrected chi connectivity index (χ2v) is 8.28. The fourth-order valence-electron chi connectivity index (χ4n) is 2.14. The molecule has 1 aliphatic heterocycles. The number of thiazole rings is 1. The van der Waals surface area contributed by atoms with Crippen molar-refractivity contribution in [3.63, 3.8) is 0 Å². The Bertz CT molecular complexity index is 523. The van der Waals surface area contributed by atoms with Gasteiger partial charge in [-0.05, 0) is 6.92 Å². The van der Waals surface area contributed by atoms with E-state index in [2.05, 4.69) is 15.2 Å². The van der Waals surface area contributed by atoms with Gasteiger partial charge in [-0.25, -0.2) is 13.4 Å². The molecule has 0 aromatic carbocycles. The summed E-state index contributed by atoms with van der Waals surface area (Å²) >= 11 is 1.55. The molecule has 1 aliphatic rings. The van der Waals surface area contributed by atoms with Crippen LogP contribution >= 0.6 is 11.3 Å². The van der Waals surface area contributed by atoms with Crippen LogP contribution in [0.3, 0.4) is 0 Å². The van der Waals surface area contributed by atoms with Crippen molar-refractivity contribution in [2.24, 2.45) is 0 Å². The van der Waals surface area contributed by atoms with Crippen LogP contribution in [0, 0.1) is 6.92 Å². The molecule has 1 N–H and O–H groups in total. The maximum atomic E-state index is 12.2. The molecule has 1 aromatic heterocycles. The summed E-state index contributed by atoms with van der Waals surface area (Å²) in [5.74, 6) is 0.173. The van der Waals surface area contributed by atoms with Gasteiger partial charge in [-0.3, -0.25) is 4.90 Å². The van der Waals surface area contributed by atoms with E-state index in [9.17, 15) is 8.42 Å². The Morgan fingerprint density at radius 1 is 1.45 bits per heavy atom. The number of piperazine rings is 1. The van der Waals surface area contributed by atoms with Crippen LogP contribution in [0.1, 0.15) is 10.7 Å². The summed E-state index contributed by atoms with van der Waals surface area (Å²) < 4.78 is 25.9. The van der Waals surface area contributed by atoms with Gasteiger partial charge in [0.15, 0.2) is 0 Å². The van der Waals surface area contributed by atoms with Crippen LogP contribution in [0.4, 0.5) is 0 Å². The average Bonchev–Trinajstić information content (AvgIpc) is 2.83. The molecule has 0 spiro atoms. The lowest BCUT2D eigenvalue weighted by atomic mass is 10.4. The van der Waals surface area contributed by atoms with E-state index in [4.69, 9.17) is 0 Å². The second kappa shape index (κ2) is 6.95. The zero-order valence-corrected chi connectivity index (χ0v) is 13.6. The number of aryl methyl sites for hydroxylation is 1. The first-order valence-electron chi connectivity index (χ1n) is 6.75. The molecule has 0 amide bonds. The van der Waals surface area contributed by atoms with Gasteiger partial charge >= 0.3 is 0 Å². The van der Waals surface area contributed by atoms with E-state index in [1.165, 1.54) is 4.31 Å². The third-order valence-electron chi connectivity index (χ3n) is 3.40. The van der Waals surface area contributed by atoms with E-state index in [0.717, 1.165) is 36.9 Å². The first-order chi connectivity index (χ1) is 9.47. The predicted molar refractivity (Wildman–Crippen MR) is 81.4 cm³/mol. The summed E-state index contributed by atoms with van der Waals surface area (Å²) in [5, 5.41) is 6.14. The Morgan fingerprint density at radius 3 is 2.75 bits per heavy atom. The van der Waals surface area contributed by atoms with Crippen molar-refractivity contribution in [1.29, 1.82) is 0 Å². The maximum Gasteiger partial charge on any atom is 0.215 e. The molecule has 1 fully saturated rings. The van der Waals surface area contributed by atoms with Gasteiger partial charge in [0.05, 0.1) is 23.0 Å². The van der Waals surface area contributed by atoms with E-state index in [-0.39, 0.29) is 5.75 Å². The number of rotatable bonds is 6. The van der Waals surface area contributed by atoms with Crippen molar-refractivity contribution >= 4 is 21.4 Å². The van der Waals surface area contributed by atoms with Crippen LogP contribution in [0.5, 0.6) is 0 Å². The zero-order valence-electron chi connectivity index (χ0n) is 12.0. The van der Waals surface area contributed by atoms with Crippen molar-refractivity contribution < 1.29 is 8.42 Å². The molecule has 114 valence electrons. The Balaban J connectivity index is 1.85. The summed E-state index contributed by atoms with van der Waals surface area (Å²) in [6.07, 6.45) is 0. The smallest absolute Gasteiger partial charge is 0.215 e. The van der Waals surface area contributed by atoms with Crippen molar-refractivity contribution in [1.82, 2.24) is 19.5 Å². The van der Waals surface area contributed by atoms with Gasteiger partial charge in [0.2, 0.25) is 10.0 Å². The first kappa shape index (κ1) is 15.8. The molecule has 1 saturated heterocycles. The lowest BCUT2D eigenvalue weighted by Crippen LogP contribution is -2.46. The molecular weight excluding hydrogens is 296 g/mol. The van der Waals surface area contributed by atoms with Crippen LogP contribution in [-0.4, -0.2) is 68.1 Å². The number of hydrogen-bond donors (Lipinski definition) is 1. The van der Waals surface area contributed by atoms with Crippen molar-refractivity contribution in [2.75, 3.05) is 45.5 Å². The molecule has 1 aromatic rings. The third-order valence-corrected chi connectivity index (χ3v) is 6.00. The molecule has 2 rings (SSSR count). The van der Waals surface area contributed by atoms with Crippen LogP contribution < -0.4 is 5.32 Å². The van der Waals surface area contributed by atoms with Gasteiger partial charge in [0.25, 0.3) is 0 Å². The quantitative estimate of drug-likeness (QED) is 0.807. The highest BCUT2D eigenvalue weighted by molar-refractivity contribution is 7.89. The molecular formula is C12H22N4O2S2. The summed E-state index contributed by atoms with van der Waals surface area (Å²) in [6, 6.07) is 0. The number of sulfonamides is 1. The zero-order chi connectivity index (χ0) is 14.6. The van der Waals surface area contributed by atoms with E-state index in [1.54, 1.807) is 18.4 Å². The standard InChI is InChI=1S/C12H22N4O2S2/c1-11-14-12(10-19-11)9-15(2)20(17,18)8-7-16-5-3-13-4-6-16/h10,13H,3-9H2,1-2H3. The van der Waals surface area contributed by atoms with Gasteiger partial charge in [0, 0.05) is 45.2 Å². The van der Waals surface area contributed by atoms with Crippen molar-refractivity contribution in [2.45, 2.75) is 13.5 Å². The fourth-order valence-corrected chi connectivity index (χ4v) is 3.88. The second-order valence-electron chi connectivity index (χ2n) is 5.02. The largest absolute Gasteiger partial charge is 0.314 e. The van der Waals surface area contributed by atoms with Gasteiger partial charge in [-0.15, -0.1) is 11.3 Å². The molecule has 0 radical (unpaired) electrons. The van der Waals surface area contributed by atoms with E-state index >= 15 is 0 Å². The van der Waals surface area contributed by atoms with Gasteiger partial charge < -0.3 is 5.32 Å². The van der Waals surface area contributed by atoms with E-state index < -0.39 is 10.0 Å². The van der Waals surface area contributed by atoms with Crippen LogP contribution in [0.25, 0.3) is 0 Å². The third kappa shape index (κ3) is 4.49. The Hall–Kier alpha value is -0.540. The summed E-state index contributed by atoms with van der Waals surface area (Å²) in [6.45, 7) is 6.60. The van der Waals surface area contributed by atoms with Crippen molar-refractivity contribution in [3.8, 4) is 0 Å². The highest BCUT2D eigenvalue weighted by Crippen LogP contribution is 2.12. The normalized spacial score (nSPS) is 17.8. The first-order valence-corrected chi connectivity index (χ1v) is 9.24. The van der Waals surface area contributed by atoms with Crippen LogP contribution in [0.15, 0.2) is 5.38 Å². The number of nitrogens with zero attached hydrogens (tertiary/aromatic N) is 3. The lowest BCUT2D eigenvalue weighted by molar-refractivity contribution is 0.252. The minimum Gasteiger partial charge on any atom is -0.314 e. The number of aromatic nitrogens is 1. The summed E-state index contributed by atoms with van der Waals surface area (Å²) in [5.41, 5.74) is 0.820. The molecule has 0 aliphatic carbocycles. The van der Waals surface area contributed by atoms with Gasteiger partial charge in [-0.2, -0.15) is 4.31 Å². The van der Waals surface area contributed by atoms with Gasteiger partial charge in [0.1, 0.15) is 0 Å². The Labute approximate surface area is 124 Å². The van der Waals surface area contributed by atoms with E-state index in [0.29, 0.717) is 13.1 Å². The fraction of sp³-hybridized carbons (Fsp3) is 0.750. The highest BCUT2D eigenvalue weighted by Gasteiger charge is 2.21. The maximum absolute atomic E-state index is 12.2. The Morgan fingerprint density at radius 2 is 2.15 bits per heavy atom. The molecule has 6 nitrogen and oxygen atoms in total. The Kier molecular flexibility index (Phi) is 5.50. The topological polar surface area (TPSA) is 65.5 Å². The molecule has 2 heterocycles. The minimum atomic E-state index is -3.21. The summed E-state index contributed by atoms with van der Waals surface area (Å²) in [4.78, 5) is 6.50.